The molecule has 1 unspecified atom stereocenters. The second kappa shape index (κ2) is 5.97. The van der Waals surface area contributed by atoms with Gasteiger partial charge in [0.05, 0.1) is 12.3 Å². The fraction of sp³-hybridized carbons (Fsp3) is 0.778. The second-order valence-electron chi connectivity index (χ2n) is 4.01. The van der Waals surface area contributed by atoms with E-state index < -0.39 is 15.9 Å². The van der Waals surface area contributed by atoms with Crippen molar-refractivity contribution in [2.24, 2.45) is 0 Å². The van der Waals surface area contributed by atoms with Gasteiger partial charge < -0.3 is 10.6 Å². The van der Waals surface area contributed by atoms with Gasteiger partial charge in [-0.25, -0.2) is 8.42 Å². The van der Waals surface area contributed by atoms with Crippen LogP contribution in [0.2, 0.25) is 0 Å². The van der Waals surface area contributed by atoms with E-state index in [9.17, 15) is 18.0 Å². The molecule has 1 aliphatic heterocycles. The molecule has 1 fully saturated rings. The van der Waals surface area contributed by atoms with E-state index in [2.05, 4.69) is 16.0 Å². The maximum atomic E-state index is 11.6. The molecule has 1 heterocycles. The molecule has 1 aliphatic rings. The SMILES string of the molecule is CS(=O)(=O)CCCNC(=O)C1CNC(=O)CN1. The van der Waals surface area contributed by atoms with E-state index in [-0.39, 0.29) is 30.7 Å². The number of nitrogens with one attached hydrogen (secondary N) is 3. The molecule has 17 heavy (non-hydrogen) atoms. The van der Waals surface area contributed by atoms with Gasteiger partial charge in [0, 0.05) is 19.3 Å². The Morgan fingerprint density at radius 1 is 1.53 bits per heavy atom. The van der Waals surface area contributed by atoms with Crippen molar-refractivity contribution in [1.29, 1.82) is 0 Å². The average molecular weight is 263 g/mol. The quantitative estimate of drug-likeness (QED) is 0.481. The molecule has 7 nitrogen and oxygen atoms in total. The Morgan fingerprint density at radius 2 is 2.24 bits per heavy atom. The third kappa shape index (κ3) is 5.64. The first-order valence-electron chi connectivity index (χ1n) is 5.34. The summed E-state index contributed by atoms with van der Waals surface area (Å²) in [6.45, 7) is 0.705. The first-order valence-corrected chi connectivity index (χ1v) is 7.40. The fourth-order valence-electron chi connectivity index (χ4n) is 1.42. The van der Waals surface area contributed by atoms with Gasteiger partial charge >= 0.3 is 0 Å². The Labute approximate surface area is 100 Å². The molecule has 0 saturated carbocycles. The zero-order chi connectivity index (χ0) is 12.9. The van der Waals surface area contributed by atoms with E-state index >= 15 is 0 Å². The highest BCUT2D eigenvalue weighted by Gasteiger charge is 2.23. The van der Waals surface area contributed by atoms with E-state index in [0.29, 0.717) is 13.0 Å². The van der Waals surface area contributed by atoms with Crippen molar-refractivity contribution in [1.82, 2.24) is 16.0 Å². The molecule has 0 aliphatic carbocycles. The molecule has 98 valence electrons. The van der Waals surface area contributed by atoms with Crippen LogP contribution in [0.5, 0.6) is 0 Å². The molecule has 0 aromatic heterocycles. The lowest BCUT2D eigenvalue weighted by atomic mass is 10.2. The van der Waals surface area contributed by atoms with Crippen molar-refractivity contribution in [3.8, 4) is 0 Å². The molecule has 0 radical (unpaired) electrons. The zero-order valence-electron chi connectivity index (χ0n) is 9.65. The molecule has 1 saturated heterocycles. The number of piperazine rings is 1. The zero-order valence-corrected chi connectivity index (χ0v) is 10.5. The number of carbonyl (C=O) groups excluding carboxylic acids is 2. The third-order valence-corrected chi connectivity index (χ3v) is 3.35. The summed E-state index contributed by atoms with van der Waals surface area (Å²) in [6, 6.07) is -0.439. The van der Waals surface area contributed by atoms with E-state index in [1.165, 1.54) is 0 Å². The van der Waals surface area contributed by atoms with Crippen LogP contribution in [0.25, 0.3) is 0 Å². The summed E-state index contributed by atoms with van der Waals surface area (Å²) < 4.78 is 21.7. The van der Waals surface area contributed by atoms with Gasteiger partial charge in [-0.05, 0) is 6.42 Å². The average Bonchev–Trinajstić information content (AvgIpc) is 2.24. The van der Waals surface area contributed by atoms with Gasteiger partial charge in [-0.3, -0.25) is 14.9 Å². The molecular weight excluding hydrogens is 246 g/mol. The minimum absolute atomic E-state index is 0.0576. The van der Waals surface area contributed by atoms with Crippen molar-refractivity contribution in [2.75, 3.05) is 31.6 Å². The van der Waals surface area contributed by atoms with Crippen molar-refractivity contribution < 1.29 is 18.0 Å². The lowest BCUT2D eigenvalue weighted by molar-refractivity contribution is -0.126. The van der Waals surface area contributed by atoms with Crippen LogP contribution in [0.15, 0.2) is 0 Å². The predicted octanol–water partition coefficient (Wildman–Crippen LogP) is -2.37. The highest BCUT2D eigenvalue weighted by Crippen LogP contribution is 1.90. The lowest BCUT2D eigenvalue weighted by Crippen LogP contribution is -2.58. The summed E-state index contributed by atoms with van der Waals surface area (Å²) in [5, 5.41) is 7.98. The van der Waals surface area contributed by atoms with Crippen LogP contribution in [0, 0.1) is 0 Å². The van der Waals surface area contributed by atoms with Crippen molar-refractivity contribution >= 4 is 21.7 Å². The lowest BCUT2D eigenvalue weighted by Gasteiger charge is -2.23. The number of hydrogen-bond acceptors (Lipinski definition) is 5. The summed E-state index contributed by atoms with van der Waals surface area (Å²) in [5.74, 6) is -0.299. The Hall–Kier alpha value is -1.15. The van der Waals surface area contributed by atoms with Gasteiger partial charge in [-0.15, -0.1) is 0 Å². The van der Waals surface area contributed by atoms with E-state index in [0.717, 1.165) is 6.26 Å². The van der Waals surface area contributed by atoms with Crippen molar-refractivity contribution in [3.63, 3.8) is 0 Å². The number of sulfone groups is 1. The maximum Gasteiger partial charge on any atom is 0.238 e. The first-order chi connectivity index (χ1) is 7.88. The fourth-order valence-corrected chi connectivity index (χ4v) is 2.09. The van der Waals surface area contributed by atoms with Gasteiger partial charge in [0.2, 0.25) is 11.8 Å². The predicted molar refractivity (Wildman–Crippen MR) is 62.1 cm³/mol. The maximum absolute atomic E-state index is 11.6. The first kappa shape index (κ1) is 13.9. The highest BCUT2D eigenvalue weighted by molar-refractivity contribution is 7.90. The molecule has 2 amide bonds. The van der Waals surface area contributed by atoms with Crippen LogP contribution in [-0.2, 0) is 19.4 Å². The van der Waals surface area contributed by atoms with Crippen molar-refractivity contribution in [2.45, 2.75) is 12.5 Å². The molecule has 0 aromatic rings. The van der Waals surface area contributed by atoms with Gasteiger partial charge in [-0.2, -0.15) is 0 Å². The van der Waals surface area contributed by atoms with Crippen molar-refractivity contribution in [3.05, 3.63) is 0 Å². The van der Waals surface area contributed by atoms with Crippen LogP contribution in [-0.4, -0.2) is 57.9 Å². The minimum Gasteiger partial charge on any atom is -0.355 e. The summed E-state index contributed by atoms with van der Waals surface area (Å²) in [5.41, 5.74) is 0. The molecular formula is C9H17N3O4S. The Bertz CT molecular complexity index is 383. The van der Waals surface area contributed by atoms with Gasteiger partial charge in [0.25, 0.3) is 0 Å². The van der Waals surface area contributed by atoms with Crippen LogP contribution in [0.3, 0.4) is 0 Å². The molecule has 0 aromatic carbocycles. The smallest absolute Gasteiger partial charge is 0.238 e. The van der Waals surface area contributed by atoms with Gasteiger partial charge in [-0.1, -0.05) is 0 Å². The molecule has 0 spiro atoms. The Morgan fingerprint density at radius 3 is 2.76 bits per heavy atom. The van der Waals surface area contributed by atoms with Crippen LogP contribution >= 0.6 is 0 Å². The van der Waals surface area contributed by atoms with E-state index in [1.807, 2.05) is 0 Å². The molecule has 0 bridgehead atoms. The molecule has 3 N–H and O–H groups in total. The van der Waals surface area contributed by atoms with E-state index in [4.69, 9.17) is 0 Å². The van der Waals surface area contributed by atoms with Crippen LogP contribution in [0.4, 0.5) is 0 Å². The summed E-state index contributed by atoms with van der Waals surface area (Å²) in [7, 11) is -2.98. The summed E-state index contributed by atoms with van der Waals surface area (Å²) >= 11 is 0. The largest absolute Gasteiger partial charge is 0.355 e. The van der Waals surface area contributed by atoms with E-state index in [1.54, 1.807) is 0 Å². The molecule has 8 heteroatoms. The Balaban J connectivity index is 2.19. The van der Waals surface area contributed by atoms with Crippen LogP contribution < -0.4 is 16.0 Å². The topological polar surface area (TPSA) is 104 Å². The second-order valence-corrected chi connectivity index (χ2v) is 6.27. The van der Waals surface area contributed by atoms with Crippen LogP contribution in [0.1, 0.15) is 6.42 Å². The highest BCUT2D eigenvalue weighted by atomic mass is 32.2. The standard InChI is InChI=1S/C9H17N3O4S/c1-17(15,16)4-2-3-10-9(14)7-5-12-8(13)6-11-7/h7,11H,2-6H2,1H3,(H,10,14)(H,12,13). The summed E-state index contributed by atoms with van der Waals surface area (Å²) in [6.07, 6.45) is 1.55. The number of carbonyl (C=O) groups is 2. The van der Waals surface area contributed by atoms with Gasteiger partial charge in [0.1, 0.15) is 15.9 Å². The third-order valence-electron chi connectivity index (χ3n) is 2.32. The molecule has 1 rings (SSSR count). The van der Waals surface area contributed by atoms with Gasteiger partial charge in [0.15, 0.2) is 0 Å². The monoisotopic (exact) mass is 263 g/mol. The number of amides is 2. The number of hydrogen-bond donors (Lipinski definition) is 3. The number of rotatable bonds is 5. The molecule has 1 atom stereocenters. The minimum atomic E-state index is -2.98. The normalized spacial score (nSPS) is 20.8. The summed E-state index contributed by atoms with van der Waals surface area (Å²) in [4.78, 5) is 22.4. The Kier molecular flexibility index (Phi) is 4.88.